The van der Waals surface area contributed by atoms with Gasteiger partial charge in [-0.1, -0.05) is 13.0 Å². The van der Waals surface area contributed by atoms with Crippen molar-refractivity contribution in [2.24, 2.45) is 0 Å². The van der Waals surface area contributed by atoms with E-state index in [-0.39, 0.29) is 5.69 Å². The molecule has 0 aliphatic carbocycles. The van der Waals surface area contributed by atoms with Crippen molar-refractivity contribution in [2.45, 2.75) is 20.3 Å². The maximum absolute atomic E-state index is 13.2. The first kappa shape index (κ1) is 14.9. The minimum atomic E-state index is -0.418. The van der Waals surface area contributed by atoms with Crippen LogP contribution in [0.3, 0.4) is 0 Å². The van der Waals surface area contributed by atoms with Crippen LogP contribution in [0.1, 0.15) is 29.4 Å². The number of aryl methyl sites for hydroxylation is 1. The van der Waals surface area contributed by atoms with E-state index in [9.17, 15) is 9.18 Å². The van der Waals surface area contributed by atoms with E-state index in [0.29, 0.717) is 11.5 Å². The van der Waals surface area contributed by atoms with Crippen molar-refractivity contribution in [3.05, 3.63) is 47.4 Å². The maximum Gasteiger partial charge on any atom is 0.276 e. The van der Waals surface area contributed by atoms with E-state index in [1.165, 1.54) is 12.1 Å². The van der Waals surface area contributed by atoms with Gasteiger partial charge in [0, 0.05) is 12.2 Å². The van der Waals surface area contributed by atoms with E-state index in [4.69, 9.17) is 0 Å². The van der Waals surface area contributed by atoms with Crippen molar-refractivity contribution in [3.8, 4) is 0 Å². The number of amides is 1. The molecule has 1 aromatic heterocycles. The van der Waals surface area contributed by atoms with Gasteiger partial charge in [-0.25, -0.2) is 4.39 Å². The Morgan fingerprint density at radius 2 is 2.05 bits per heavy atom. The molecule has 0 saturated heterocycles. The van der Waals surface area contributed by atoms with Gasteiger partial charge in [0.05, 0.1) is 0 Å². The molecule has 0 bridgehead atoms. The molecule has 5 nitrogen and oxygen atoms in total. The zero-order valence-electron chi connectivity index (χ0n) is 12.0. The second-order valence-electron chi connectivity index (χ2n) is 4.64. The number of hydrogen-bond donors (Lipinski definition) is 2. The van der Waals surface area contributed by atoms with Gasteiger partial charge in [-0.2, -0.15) is 0 Å². The van der Waals surface area contributed by atoms with Gasteiger partial charge in [0.25, 0.3) is 5.91 Å². The van der Waals surface area contributed by atoms with Gasteiger partial charge < -0.3 is 10.6 Å². The molecular weight excluding hydrogens is 271 g/mol. The summed E-state index contributed by atoms with van der Waals surface area (Å²) in [5, 5.41) is 13.5. The second-order valence-corrected chi connectivity index (χ2v) is 4.64. The molecule has 1 aromatic carbocycles. The Balaban J connectivity index is 2.07. The number of hydrogen-bond acceptors (Lipinski definition) is 4. The lowest BCUT2D eigenvalue weighted by molar-refractivity contribution is 0.102. The number of nitrogens with one attached hydrogen (secondary N) is 2. The lowest BCUT2D eigenvalue weighted by Gasteiger charge is -2.08. The highest BCUT2D eigenvalue weighted by Gasteiger charge is 2.10. The average Bonchev–Trinajstić information content (AvgIpc) is 2.49. The number of rotatable bonds is 5. The van der Waals surface area contributed by atoms with Crippen LogP contribution in [-0.4, -0.2) is 22.6 Å². The Morgan fingerprint density at radius 1 is 1.24 bits per heavy atom. The smallest absolute Gasteiger partial charge is 0.276 e. The molecular formula is C15H17FN4O. The van der Waals surface area contributed by atoms with Gasteiger partial charge in [-0.05, 0) is 43.2 Å². The molecule has 0 aliphatic rings. The summed E-state index contributed by atoms with van der Waals surface area (Å²) in [6.07, 6.45) is 0.975. The third-order valence-electron chi connectivity index (χ3n) is 2.90. The molecule has 21 heavy (non-hydrogen) atoms. The summed E-state index contributed by atoms with van der Waals surface area (Å²) in [6, 6.07) is 7.50. The fourth-order valence-electron chi connectivity index (χ4n) is 1.72. The van der Waals surface area contributed by atoms with Crippen LogP contribution >= 0.6 is 0 Å². The van der Waals surface area contributed by atoms with Crippen LogP contribution in [0.2, 0.25) is 0 Å². The third kappa shape index (κ3) is 3.98. The van der Waals surface area contributed by atoms with E-state index in [1.807, 2.05) is 6.92 Å². The molecule has 0 radical (unpaired) electrons. The lowest BCUT2D eigenvalue weighted by Crippen LogP contribution is -2.15. The Hall–Kier alpha value is -2.50. The number of aromatic nitrogens is 2. The molecule has 0 unspecified atom stereocenters. The predicted octanol–water partition coefficient (Wildman–Crippen LogP) is 3.00. The summed E-state index contributed by atoms with van der Waals surface area (Å²) >= 11 is 0. The van der Waals surface area contributed by atoms with Gasteiger partial charge >= 0.3 is 0 Å². The van der Waals surface area contributed by atoms with E-state index in [1.54, 1.807) is 25.1 Å². The van der Waals surface area contributed by atoms with E-state index in [2.05, 4.69) is 20.8 Å². The van der Waals surface area contributed by atoms with Crippen LogP contribution < -0.4 is 10.6 Å². The number of carbonyl (C=O) groups is 1. The molecule has 0 saturated carbocycles. The fourth-order valence-corrected chi connectivity index (χ4v) is 1.72. The van der Waals surface area contributed by atoms with Gasteiger partial charge in [-0.15, -0.1) is 10.2 Å². The Kier molecular flexibility index (Phi) is 4.81. The van der Waals surface area contributed by atoms with Crippen molar-refractivity contribution < 1.29 is 9.18 Å². The number of halogens is 1. The van der Waals surface area contributed by atoms with Gasteiger partial charge in [0.2, 0.25) is 0 Å². The van der Waals surface area contributed by atoms with Crippen LogP contribution in [0, 0.1) is 12.7 Å². The van der Waals surface area contributed by atoms with Gasteiger partial charge in [-0.3, -0.25) is 4.79 Å². The first-order chi connectivity index (χ1) is 10.1. The quantitative estimate of drug-likeness (QED) is 0.887. The summed E-state index contributed by atoms with van der Waals surface area (Å²) in [6.45, 7) is 4.63. The minimum absolute atomic E-state index is 0.181. The Morgan fingerprint density at radius 3 is 2.71 bits per heavy atom. The van der Waals surface area contributed by atoms with Crippen molar-refractivity contribution in [2.75, 3.05) is 17.2 Å². The Labute approximate surface area is 122 Å². The third-order valence-corrected chi connectivity index (χ3v) is 2.90. The average molecular weight is 288 g/mol. The molecule has 1 heterocycles. The van der Waals surface area contributed by atoms with Crippen molar-refractivity contribution in [3.63, 3.8) is 0 Å². The fraction of sp³-hybridized carbons (Fsp3) is 0.267. The minimum Gasteiger partial charge on any atom is -0.369 e. The van der Waals surface area contributed by atoms with Crippen molar-refractivity contribution in [1.29, 1.82) is 0 Å². The predicted molar refractivity (Wildman–Crippen MR) is 79.9 cm³/mol. The largest absolute Gasteiger partial charge is 0.369 e. The number of benzene rings is 1. The highest BCUT2D eigenvalue weighted by Crippen LogP contribution is 2.16. The summed E-state index contributed by atoms with van der Waals surface area (Å²) in [4.78, 5) is 12.0. The first-order valence-corrected chi connectivity index (χ1v) is 6.75. The molecule has 2 aromatic rings. The molecule has 2 N–H and O–H groups in total. The molecule has 0 spiro atoms. The first-order valence-electron chi connectivity index (χ1n) is 6.75. The maximum atomic E-state index is 13.2. The van der Waals surface area contributed by atoms with Crippen LogP contribution in [0.15, 0.2) is 30.3 Å². The van der Waals surface area contributed by atoms with Crippen molar-refractivity contribution >= 4 is 17.4 Å². The molecule has 2 rings (SSSR count). The Bertz CT molecular complexity index is 628. The molecule has 6 heteroatoms. The molecule has 1 amide bonds. The standard InChI is InChI=1S/C15H17FN4O/c1-3-8-17-14-7-6-12(19-20-14)15(21)18-13-9-11(16)5-4-10(13)2/h4-7,9H,3,8H2,1-2H3,(H,17,20)(H,18,21). The molecule has 0 atom stereocenters. The zero-order chi connectivity index (χ0) is 15.2. The number of anilines is 2. The van der Waals surface area contributed by atoms with Gasteiger partial charge in [0.1, 0.15) is 11.6 Å². The topological polar surface area (TPSA) is 66.9 Å². The number of nitrogens with zero attached hydrogens (tertiary/aromatic N) is 2. The highest BCUT2D eigenvalue weighted by atomic mass is 19.1. The molecule has 0 aliphatic heterocycles. The van der Waals surface area contributed by atoms with Crippen LogP contribution in [-0.2, 0) is 0 Å². The monoisotopic (exact) mass is 288 g/mol. The van der Waals surface area contributed by atoms with Crippen molar-refractivity contribution in [1.82, 2.24) is 10.2 Å². The summed E-state index contributed by atoms with van der Waals surface area (Å²) in [7, 11) is 0. The molecule has 0 fully saturated rings. The summed E-state index contributed by atoms with van der Waals surface area (Å²) in [5.41, 5.74) is 1.38. The van der Waals surface area contributed by atoms with E-state index in [0.717, 1.165) is 18.5 Å². The summed E-state index contributed by atoms with van der Waals surface area (Å²) in [5.74, 6) is -0.199. The summed E-state index contributed by atoms with van der Waals surface area (Å²) < 4.78 is 13.2. The van der Waals surface area contributed by atoms with Crippen LogP contribution in [0.4, 0.5) is 15.9 Å². The zero-order valence-corrected chi connectivity index (χ0v) is 12.0. The van der Waals surface area contributed by atoms with E-state index < -0.39 is 11.7 Å². The SMILES string of the molecule is CCCNc1ccc(C(=O)Nc2cc(F)ccc2C)nn1. The number of carbonyl (C=O) groups excluding carboxylic acids is 1. The van der Waals surface area contributed by atoms with E-state index >= 15 is 0 Å². The normalized spacial score (nSPS) is 10.2. The highest BCUT2D eigenvalue weighted by molar-refractivity contribution is 6.03. The second kappa shape index (κ2) is 6.78. The lowest BCUT2D eigenvalue weighted by atomic mass is 10.2. The van der Waals surface area contributed by atoms with Gasteiger partial charge in [0.15, 0.2) is 5.69 Å². The van der Waals surface area contributed by atoms with Crippen LogP contribution in [0.25, 0.3) is 0 Å². The van der Waals surface area contributed by atoms with Crippen LogP contribution in [0.5, 0.6) is 0 Å². The molecule has 110 valence electrons.